The molecule has 1 N–H and O–H groups in total. The molecule has 4 rings (SSSR count). The molecule has 0 aliphatic carbocycles. The third-order valence-electron chi connectivity index (χ3n) is 6.08. The predicted octanol–water partition coefficient (Wildman–Crippen LogP) is 4.68. The summed E-state index contributed by atoms with van der Waals surface area (Å²) in [5, 5.41) is 0.855. The summed E-state index contributed by atoms with van der Waals surface area (Å²) in [5.41, 5.74) is 4.93. The molecule has 170 valence electrons. The highest BCUT2D eigenvalue weighted by Crippen LogP contribution is 2.37. The van der Waals surface area contributed by atoms with Gasteiger partial charge >= 0.3 is 0 Å². The molecule has 2 heterocycles. The van der Waals surface area contributed by atoms with Crippen LogP contribution in [0.3, 0.4) is 0 Å². The topological polar surface area (TPSA) is 89.1 Å². The predicted molar refractivity (Wildman–Crippen MR) is 132 cm³/mol. The molecule has 0 fully saturated rings. The summed E-state index contributed by atoms with van der Waals surface area (Å²) in [6.07, 6.45) is 2.97. The van der Waals surface area contributed by atoms with E-state index in [0.29, 0.717) is 23.4 Å². The zero-order chi connectivity index (χ0) is 23.8. The normalized spacial score (nSPS) is 12.2. The first-order valence-corrected chi connectivity index (χ1v) is 12.4. The Balaban J connectivity index is 1.91. The zero-order valence-electron chi connectivity index (χ0n) is 19.0. The van der Waals surface area contributed by atoms with Crippen molar-refractivity contribution >= 4 is 20.7 Å². The van der Waals surface area contributed by atoms with Gasteiger partial charge in [-0.2, -0.15) is 0 Å². The number of hydrogen-bond acceptors (Lipinski definition) is 5. The first-order chi connectivity index (χ1) is 15.6. The zero-order valence-corrected chi connectivity index (χ0v) is 19.9. The van der Waals surface area contributed by atoms with E-state index in [9.17, 15) is 13.2 Å². The highest BCUT2D eigenvalue weighted by molar-refractivity contribution is 7.91. The molecule has 4 aromatic rings. The molecule has 33 heavy (non-hydrogen) atoms. The van der Waals surface area contributed by atoms with Gasteiger partial charge in [-0.15, -0.1) is 0 Å². The first-order valence-electron chi connectivity index (χ1n) is 10.5. The van der Waals surface area contributed by atoms with E-state index in [4.69, 9.17) is 4.74 Å². The lowest BCUT2D eigenvalue weighted by molar-refractivity contribution is 0.181. The summed E-state index contributed by atoms with van der Waals surface area (Å²) in [6.45, 7) is 3.75. The Labute approximate surface area is 193 Å². The van der Waals surface area contributed by atoms with Crippen molar-refractivity contribution in [3.05, 3.63) is 88.5 Å². The van der Waals surface area contributed by atoms with Crippen molar-refractivity contribution in [3.63, 3.8) is 0 Å². The summed E-state index contributed by atoms with van der Waals surface area (Å²) in [6, 6.07) is 18.8. The smallest absolute Gasteiger partial charge is 0.256 e. The van der Waals surface area contributed by atoms with Gasteiger partial charge in [0.1, 0.15) is 0 Å². The number of ether oxygens (including phenoxy) is 1. The second-order valence-electron chi connectivity index (χ2n) is 8.62. The SMILES string of the molecule is COCc1ccc(-c2cccc(-c3cc(C(C)(C)S(C)(=O)=O)cc4cccnc34)c2)c(=O)[nH]1. The number of benzene rings is 2. The fraction of sp³-hybridized carbons (Fsp3) is 0.231. The average molecular weight is 463 g/mol. The number of sulfone groups is 1. The molecule has 0 saturated carbocycles. The van der Waals surface area contributed by atoms with Crippen LogP contribution in [-0.2, 0) is 25.9 Å². The number of H-pyrrole nitrogens is 1. The molecule has 0 unspecified atom stereocenters. The van der Waals surface area contributed by atoms with E-state index in [2.05, 4.69) is 9.97 Å². The molecule has 2 aromatic heterocycles. The Morgan fingerprint density at radius 2 is 1.70 bits per heavy atom. The number of hydrogen-bond donors (Lipinski definition) is 1. The minimum absolute atomic E-state index is 0.198. The summed E-state index contributed by atoms with van der Waals surface area (Å²) in [4.78, 5) is 20.1. The van der Waals surface area contributed by atoms with E-state index in [1.807, 2.05) is 54.6 Å². The van der Waals surface area contributed by atoms with Crippen LogP contribution in [0.25, 0.3) is 33.2 Å². The van der Waals surface area contributed by atoms with Crippen LogP contribution in [0.15, 0.2) is 71.7 Å². The van der Waals surface area contributed by atoms with E-state index < -0.39 is 14.6 Å². The van der Waals surface area contributed by atoms with Crippen LogP contribution in [-0.4, -0.2) is 31.8 Å². The monoisotopic (exact) mass is 462 g/mol. The summed E-state index contributed by atoms with van der Waals surface area (Å²) in [5.74, 6) is 0. The maximum Gasteiger partial charge on any atom is 0.256 e. The first kappa shape index (κ1) is 22.9. The molecule has 0 atom stereocenters. The number of aromatic nitrogens is 2. The van der Waals surface area contributed by atoms with Crippen LogP contribution < -0.4 is 5.56 Å². The number of nitrogens with one attached hydrogen (secondary N) is 1. The van der Waals surface area contributed by atoms with Crippen LogP contribution in [0.2, 0.25) is 0 Å². The van der Waals surface area contributed by atoms with Gasteiger partial charge in [0.15, 0.2) is 9.84 Å². The van der Waals surface area contributed by atoms with E-state index in [-0.39, 0.29) is 5.56 Å². The lowest BCUT2D eigenvalue weighted by Gasteiger charge is -2.24. The Hall–Kier alpha value is -3.29. The highest BCUT2D eigenvalue weighted by Gasteiger charge is 2.33. The van der Waals surface area contributed by atoms with Crippen LogP contribution >= 0.6 is 0 Å². The Kier molecular flexibility index (Phi) is 5.95. The van der Waals surface area contributed by atoms with Crippen molar-refractivity contribution in [1.82, 2.24) is 9.97 Å². The van der Waals surface area contributed by atoms with Crippen molar-refractivity contribution in [2.45, 2.75) is 25.2 Å². The number of pyridine rings is 2. The summed E-state index contributed by atoms with van der Waals surface area (Å²) >= 11 is 0. The number of aromatic amines is 1. The fourth-order valence-electron chi connectivity index (χ4n) is 3.81. The maximum atomic E-state index is 12.7. The maximum absolute atomic E-state index is 12.7. The van der Waals surface area contributed by atoms with Gasteiger partial charge in [0.2, 0.25) is 0 Å². The van der Waals surface area contributed by atoms with Crippen molar-refractivity contribution in [3.8, 4) is 22.3 Å². The minimum atomic E-state index is -3.36. The Morgan fingerprint density at radius 1 is 0.970 bits per heavy atom. The molecule has 0 aliphatic rings. The van der Waals surface area contributed by atoms with Crippen LogP contribution in [0.5, 0.6) is 0 Å². The van der Waals surface area contributed by atoms with Gasteiger partial charge in [0.05, 0.1) is 16.9 Å². The number of fused-ring (bicyclic) bond motifs is 1. The van der Waals surface area contributed by atoms with E-state index in [1.54, 1.807) is 33.2 Å². The number of methoxy groups -OCH3 is 1. The minimum Gasteiger partial charge on any atom is -0.378 e. The molecule has 0 spiro atoms. The van der Waals surface area contributed by atoms with Crippen molar-refractivity contribution in [2.75, 3.05) is 13.4 Å². The lowest BCUT2D eigenvalue weighted by Crippen LogP contribution is -2.28. The molecule has 2 aromatic carbocycles. The molecule has 0 aliphatic heterocycles. The van der Waals surface area contributed by atoms with E-state index in [1.165, 1.54) is 6.26 Å². The van der Waals surface area contributed by atoms with Gasteiger partial charge in [-0.3, -0.25) is 9.78 Å². The number of rotatable bonds is 6. The van der Waals surface area contributed by atoms with Crippen LogP contribution in [0.4, 0.5) is 0 Å². The molecule has 6 nitrogen and oxygen atoms in total. The molecule has 0 amide bonds. The molecular weight excluding hydrogens is 436 g/mol. The second kappa shape index (κ2) is 8.57. The summed E-state index contributed by atoms with van der Waals surface area (Å²) in [7, 11) is -1.79. The van der Waals surface area contributed by atoms with Gasteiger partial charge in [-0.05, 0) is 66.9 Å². The largest absolute Gasteiger partial charge is 0.378 e. The molecule has 0 bridgehead atoms. The highest BCUT2D eigenvalue weighted by atomic mass is 32.2. The number of nitrogens with zero attached hydrogens (tertiary/aromatic N) is 1. The van der Waals surface area contributed by atoms with Gasteiger partial charge < -0.3 is 9.72 Å². The molecular formula is C26H26N2O4S. The van der Waals surface area contributed by atoms with E-state index in [0.717, 1.165) is 27.6 Å². The van der Waals surface area contributed by atoms with Gasteiger partial charge in [0, 0.05) is 41.8 Å². The van der Waals surface area contributed by atoms with Crippen molar-refractivity contribution in [2.24, 2.45) is 0 Å². The van der Waals surface area contributed by atoms with Gasteiger partial charge in [-0.25, -0.2) is 8.42 Å². The second-order valence-corrected chi connectivity index (χ2v) is 11.2. The Morgan fingerprint density at radius 3 is 2.36 bits per heavy atom. The van der Waals surface area contributed by atoms with E-state index >= 15 is 0 Å². The third kappa shape index (κ3) is 4.34. The van der Waals surface area contributed by atoms with Crippen LogP contribution in [0.1, 0.15) is 25.1 Å². The van der Waals surface area contributed by atoms with Crippen LogP contribution in [0, 0.1) is 0 Å². The standard InChI is InChI=1S/C26H26N2O4S/c1-26(2,33(4,30)31)20-14-19-9-6-12-27-24(19)23(15-20)18-8-5-7-17(13-18)22-11-10-21(16-32-3)28-25(22)29/h5-15H,16H2,1-4H3,(H,28,29). The van der Waals surface area contributed by atoms with Gasteiger partial charge in [-0.1, -0.05) is 24.3 Å². The lowest BCUT2D eigenvalue weighted by atomic mass is 9.92. The summed E-state index contributed by atoms with van der Waals surface area (Å²) < 4.78 is 29.1. The Bertz CT molecular complexity index is 1500. The fourth-order valence-corrected chi connectivity index (χ4v) is 4.36. The molecule has 7 heteroatoms. The van der Waals surface area contributed by atoms with Gasteiger partial charge in [0.25, 0.3) is 5.56 Å². The molecule has 0 radical (unpaired) electrons. The van der Waals surface area contributed by atoms with Crippen molar-refractivity contribution < 1.29 is 13.2 Å². The quantitative estimate of drug-likeness (QED) is 0.449. The van der Waals surface area contributed by atoms with Crippen molar-refractivity contribution in [1.29, 1.82) is 0 Å². The third-order valence-corrected chi connectivity index (χ3v) is 8.17. The average Bonchev–Trinajstić information content (AvgIpc) is 2.78. The molecule has 0 saturated heterocycles.